The Morgan fingerprint density at radius 1 is 0.446 bits per heavy atom. The van der Waals surface area contributed by atoms with Crippen molar-refractivity contribution in [1.82, 2.24) is 0 Å². The molecule has 4 rings (SSSR count). The molecule has 0 saturated carbocycles. The first-order valence-corrected chi connectivity index (χ1v) is 25.6. The Morgan fingerprint density at radius 3 is 1.03 bits per heavy atom. The van der Waals surface area contributed by atoms with Gasteiger partial charge >= 0.3 is 0 Å². The molecule has 0 amide bonds. The lowest BCUT2D eigenvalue weighted by molar-refractivity contribution is 0.0809. The van der Waals surface area contributed by atoms with Crippen LogP contribution in [0.3, 0.4) is 0 Å². The maximum Gasteiger partial charge on any atom is 0.123 e. The van der Waals surface area contributed by atoms with Gasteiger partial charge in [-0.15, -0.1) is 23.7 Å². The van der Waals surface area contributed by atoms with Gasteiger partial charge in [0.05, 0.1) is 49.8 Å². The molecule has 0 bridgehead atoms. The molecule has 0 aliphatic heterocycles. The molecule has 0 fully saturated rings. The Morgan fingerprint density at radius 2 is 0.743 bits per heavy atom. The number of hydrogen-bond acceptors (Lipinski definition) is 12. The zero-order chi connectivity index (χ0) is 54.9. The van der Waals surface area contributed by atoms with Crippen molar-refractivity contribution in [2.24, 2.45) is 11.8 Å². The average Bonchev–Trinajstić information content (AvgIpc) is 3.39. The van der Waals surface area contributed by atoms with E-state index < -0.39 is 30.5 Å². The third-order valence-electron chi connectivity index (χ3n) is 10.2. The number of aliphatic hydroxyl groups excluding tert-OH is 6. The molecule has 0 aliphatic carbocycles. The van der Waals surface area contributed by atoms with Crippen LogP contribution in [0.15, 0.2) is 97.1 Å². The highest BCUT2D eigenvalue weighted by Gasteiger charge is 2.11. The van der Waals surface area contributed by atoms with E-state index in [4.69, 9.17) is 38.2 Å². The molecule has 10 atom stereocenters. The van der Waals surface area contributed by atoms with E-state index >= 15 is 0 Å². The Bertz CT molecular complexity index is 2120. The van der Waals surface area contributed by atoms with Gasteiger partial charge in [-0.25, -0.2) is 17.6 Å². The van der Waals surface area contributed by atoms with E-state index in [9.17, 15) is 38.0 Å². The Hall–Kier alpha value is -4.54. The fourth-order valence-electron chi connectivity index (χ4n) is 5.84. The summed E-state index contributed by atoms with van der Waals surface area (Å²) in [7, 11) is 4.40. The van der Waals surface area contributed by atoms with Crippen LogP contribution < -0.4 is 18.9 Å². The first-order chi connectivity index (χ1) is 35.4. The van der Waals surface area contributed by atoms with Crippen molar-refractivity contribution < 1.29 is 79.0 Å². The smallest absolute Gasteiger partial charge is 0.123 e. The molecule has 0 aromatic heterocycles. The van der Waals surface area contributed by atoms with E-state index in [1.54, 1.807) is 19.1 Å². The molecule has 18 heteroatoms. The van der Waals surface area contributed by atoms with Gasteiger partial charge in [0.15, 0.2) is 0 Å². The van der Waals surface area contributed by atoms with Crippen molar-refractivity contribution in [2.45, 2.75) is 129 Å². The zero-order valence-electron chi connectivity index (χ0n) is 43.0. The van der Waals surface area contributed by atoms with E-state index in [0.717, 1.165) is 19.3 Å². The summed E-state index contributed by atoms with van der Waals surface area (Å²) in [6.07, 6.45) is 3.80. The molecule has 8 unspecified atom stereocenters. The molecule has 416 valence electrons. The highest BCUT2D eigenvalue weighted by Crippen LogP contribution is 2.17. The van der Waals surface area contributed by atoms with Crippen molar-refractivity contribution in [3.63, 3.8) is 0 Å². The van der Waals surface area contributed by atoms with Crippen molar-refractivity contribution in [3.8, 4) is 46.7 Å². The SMILES string of the molecule is CC(C#CCCO)CC[C@H](O)COc1ccc(F)cc1.CC(C#CCCOP)CCC(O)COc1ccc(F)cc1.CC(CCC(O)COc1ccc(F)cc1)OP.CC(O)CC[C@H](O)COc1ccc(F)cc1.[3HH].[3HH]. The molecule has 0 saturated heterocycles. The van der Waals surface area contributed by atoms with Gasteiger partial charge in [0.25, 0.3) is 0 Å². The van der Waals surface area contributed by atoms with Gasteiger partial charge < -0.3 is 58.6 Å². The van der Waals surface area contributed by atoms with Gasteiger partial charge in [-0.3, -0.25) is 0 Å². The molecule has 6 N–H and O–H groups in total. The minimum atomic E-state index is -0.611. The van der Waals surface area contributed by atoms with Crippen LogP contribution in [0.25, 0.3) is 0 Å². The van der Waals surface area contributed by atoms with Crippen LogP contribution in [0.4, 0.5) is 17.6 Å². The highest BCUT2D eigenvalue weighted by molar-refractivity contribution is 7.10. The number of halogens is 4. The summed E-state index contributed by atoms with van der Waals surface area (Å²) in [6.45, 7) is 9.04. The second kappa shape index (κ2) is 42.7. The summed E-state index contributed by atoms with van der Waals surface area (Å²) < 4.78 is 81.8. The molecule has 4 aromatic carbocycles. The fourth-order valence-corrected chi connectivity index (χ4v) is 6.10. The normalized spacial score (nSPS) is 13.7. The van der Waals surface area contributed by atoms with Crippen LogP contribution in [-0.4, -0.2) is 107 Å². The molecule has 0 heterocycles. The van der Waals surface area contributed by atoms with Gasteiger partial charge in [0, 0.05) is 46.5 Å². The summed E-state index contributed by atoms with van der Waals surface area (Å²) in [4.78, 5) is 0. The van der Waals surface area contributed by atoms with Crippen LogP contribution in [0.2, 0.25) is 0 Å². The molecular formula is C56H82F4O12P2. The summed E-state index contributed by atoms with van der Waals surface area (Å²) >= 11 is 0. The summed E-state index contributed by atoms with van der Waals surface area (Å²) in [6, 6.07) is 22.8. The minimum Gasteiger partial charge on any atom is -0.491 e. The number of ether oxygens (including phenoxy) is 4. The van der Waals surface area contributed by atoms with Crippen molar-refractivity contribution in [3.05, 3.63) is 120 Å². The predicted octanol–water partition coefficient (Wildman–Crippen LogP) is 10.3. The third-order valence-corrected chi connectivity index (χ3v) is 10.9. The van der Waals surface area contributed by atoms with Gasteiger partial charge in [-0.1, -0.05) is 13.8 Å². The van der Waals surface area contributed by atoms with Crippen molar-refractivity contribution in [1.29, 1.82) is 0 Å². The predicted molar refractivity (Wildman–Crippen MR) is 291 cm³/mol. The third kappa shape index (κ3) is 38.1. The van der Waals surface area contributed by atoms with E-state index in [1.165, 1.54) is 84.9 Å². The molecule has 74 heavy (non-hydrogen) atoms. The van der Waals surface area contributed by atoms with Crippen molar-refractivity contribution in [2.75, 3.05) is 39.6 Å². The fraction of sp³-hybridized carbons (Fsp3) is 0.500. The summed E-state index contributed by atoms with van der Waals surface area (Å²) in [5, 5.41) is 56.4. The highest BCUT2D eigenvalue weighted by atomic mass is 31.0. The Balaban J connectivity index is 0. The largest absolute Gasteiger partial charge is 0.491 e. The number of rotatable bonds is 28. The second-order valence-corrected chi connectivity index (χ2v) is 17.9. The van der Waals surface area contributed by atoms with Crippen LogP contribution in [-0.2, 0) is 9.05 Å². The van der Waals surface area contributed by atoms with Gasteiger partial charge in [0.2, 0.25) is 0 Å². The maximum absolute atomic E-state index is 12.7. The number of benzene rings is 4. The van der Waals surface area contributed by atoms with Crippen LogP contribution >= 0.6 is 18.9 Å². The van der Waals surface area contributed by atoms with Gasteiger partial charge in [0.1, 0.15) is 72.7 Å². The minimum absolute atomic E-state index is 0. The van der Waals surface area contributed by atoms with Crippen molar-refractivity contribution >= 4 is 18.9 Å². The van der Waals surface area contributed by atoms with E-state index in [-0.39, 0.29) is 77.1 Å². The van der Waals surface area contributed by atoms with E-state index in [2.05, 4.69) is 42.6 Å². The molecular weight excluding hydrogens is 1000 g/mol. The topological polar surface area (TPSA) is 177 Å². The lowest BCUT2D eigenvalue weighted by atomic mass is 10.0. The molecule has 4 aromatic rings. The molecule has 0 spiro atoms. The zero-order valence-corrected chi connectivity index (χ0v) is 45.3. The standard InChI is InChI=1S/C16H22FO3P.C16H21FO3.C12H18FO3P.C12H17FO3.2H2/c1-13(4-2-3-11-20-21)5-8-15(18)12-19-16-9-6-14(17)7-10-16;1-13(4-2-3-11-18)5-8-15(19)12-20-16-9-6-14(17)7-10-16;1-9(16-17)2-5-11(14)8-15-12-6-3-10(13)4-7-12;1-9(14)2-5-11(15)8-16-12-6-3-10(13)4-7-12;;/h6-7,9-10,13,15,18H,3,5,8,11-12,21H2,1H3;6-7,9-10,13,15,18-19H,3,5,8,11-12H2,1H3;3-4,6-7,9,11,14H,2,5,8,17H2,1H3;3-4,6-7,9,11,14-15H,2,5,8H2,1H3;2*1H/t;13?,15-;;9?,11-;;/m.0.0../s1/i;;;;2*1+2. The monoisotopic (exact) mass is 1090 g/mol. The first kappa shape index (κ1) is 67.5. The van der Waals surface area contributed by atoms with E-state index in [0.29, 0.717) is 74.6 Å². The van der Waals surface area contributed by atoms with Crippen LogP contribution in [0, 0.1) is 58.8 Å². The van der Waals surface area contributed by atoms with Gasteiger partial charge in [-0.05, 0) is 162 Å². The maximum atomic E-state index is 12.7. The van der Waals surface area contributed by atoms with E-state index in [1.807, 2.05) is 20.8 Å². The van der Waals surface area contributed by atoms with Crippen LogP contribution in [0.5, 0.6) is 23.0 Å². The summed E-state index contributed by atoms with van der Waals surface area (Å²) in [5.41, 5.74) is 0. The Labute approximate surface area is 443 Å². The molecule has 0 radical (unpaired) electrons. The van der Waals surface area contributed by atoms with Crippen LogP contribution in [0.1, 0.15) is 94.8 Å². The van der Waals surface area contributed by atoms with Gasteiger partial charge in [-0.2, -0.15) is 0 Å². The molecule has 0 aliphatic rings. The second-order valence-electron chi connectivity index (χ2n) is 17.3. The number of aliphatic hydroxyl groups is 6. The lowest BCUT2D eigenvalue weighted by Crippen LogP contribution is -2.19. The Kier molecular flexibility index (Phi) is 38.9. The summed E-state index contributed by atoms with van der Waals surface area (Å²) in [5.74, 6) is 13.4. The first-order valence-electron chi connectivity index (χ1n) is 24.6. The average molecular weight is 1090 g/mol. The quantitative estimate of drug-likeness (QED) is 0.0138. The lowest BCUT2D eigenvalue weighted by Gasteiger charge is -2.14. The molecule has 12 nitrogen and oxygen atoms in total. The number of hydrogen-bond donors (Lipinski definition) is 6.